The molecule has 1 saturated carbocycles. The maximum atomic E-state index is 13.1. The van der Waals surface area contributed by atoms with E-state index < -0.39 is 0 Å². The van der Waals surface area contributed by atoms with Crippen LogP contribution in [-0.2, 0) is 16.6 Å². The Labute approximate surface area is 118 Å². The fraction of sp³-hybridized carbons (Fsp3) is 0.333. The zero-order chi connectivity index (χ0) is 13.6. The molecule has 0 saturated heterocycles. The van der Waals surface area contributed by atoms with Gasteiger partial charge < -0.3 is 0 Å². The van der Waals surface area contributed by atoms with E-state index in [1.165, 1.54) is 11.1 Å². The summed E-state index contributed by atoms with van der Waals surface area (Å²) in [5, 5.41) is 0. The van der Waals surface area contributed by atoms with Gasteiger partial charge in [0.1, 0.15) is 0 Å². The van der Waals surface area contributed by atoms with Gasteiger partial charge >= 0.3 is 0 Å². The molecule has 1 fully saturated rings. The van der Waals surface area contributed by atoms with E-state index in [-0.39, 0.29) is 11.3 Å². The van der Waals surface area contributed by atoms with Gasteiger partial charge in [-0.1, -0.05) is 36.4 Å². The molecule has 1 unspecified atom stereocenters. The highest BCUT2D eigenvalue weighted by atomic mass is 16.1. The molecule has 1 aromatic heterocycles. The van der Waals surface area contributed by atoms with Gasteiger partial charge in [-0.3, -0.25) is 9.78 Å². The lowest BCUT2D eigenvalue weighted by Crippen LogP contribution is -2.26. The minimum absolute atomic E-state index is 0.00825. The van der Waals surface area contributed by atoms with E-state index in [2.05, 4.69) is 23.2 Å². The van der Waals surface area contributed by atoms with E-state index in [0.29, 0.717) is 5.78 Å². The van der Waals surface area contributed by atoms with Crippen LogP contribution in [0.15, 0.2) is 48.7 Å². The fourth-order valence-corrected chi connectivity index (χ4v) is 3.56. The molecular formula is C18H17NO. The van der Waals surface area contributed by atoms with Gasteiger partial charge in [0.05, 0.1) is 17.0 Å². The Bertz CT molecular complexity index is 658. The first-order valence-corrected chi connectivity index (χ1v) is 7.35. The maximum Gasteiger partial charge on any atom is 0.152 e. The number of aryl methyl sites for hydroxylation is 1. The Hall–Kier alpha value is -1.96. The maximum absolute atomic E-state index is 13.1. The molecule has 2 aliphatic rings. The van der Waals surface area contributed by atoms with Crippen molar-refractivity contribution in [3.8, 4) is 0 Å². The standard InChI is InChI=1S/C18H17NO/c20-17(15-9-8-13-5-4-12-19-16(13)15)18(10-11-18)14-6-2-1-3-7-14/h1-7,12,15H,8-11H2. The predicted molar refractivity (Wildman–Crippen MR) is 77.7 cm³/mol. The monoisotopic (exact) mass is 263 g/mol. The first-order valence-electron chi connectivity index (χ1n) is 7.35. The number of aromatic nitrogens is 1. The van der Waals surface area contributed by atoms with Crippen LogP contribution in [0.1, 0.15) is 42.0 Å². The SMILES string of the molecule is O=C(C1CCc2cccnc21)C1(c2ccccc2)CC1. The fourth-order valence-electron chi connectivity index (χ4n) is 3.56. The number of carbonyl (C=O) groups is 1. The Kier molecular flexibility index (Phi) is 2.53. The number of nitrogens with zero attached hydrogens (tertiary/aromatic N) is 1. The van der Waals surface area contributed by atoms with Crippen LogP contribution in [0.3, 0.4) is 0 Å². The van der Waals surface area contributed by atoms with Crippen LogP contribution < -0.4 is 0 Å². The van der Waals surface area contributed by atoms with Crippen molar-refractivity contribution >= 4 is 5.78 Å². The summed E-state index contributed by atoms with van der Waals surface area (Å²) in [5.74, 6) is 0.398. The first kappa shape index (κ1) is 11.8. The molecule has 2 aromatic rings. The summed E-state index contributed by atoms with van der Waals surface area (Å²) in [5.41, 5.74) is 3.26. The second-order valence-corrected chi connectivity index (χ2v) is 5.95. The average molecular weight is 263 g/mol. The second-order valence-electron chi connectivity index (χ2n) is 5.95. The van der Waals surface area contributed by atoms with Crippen molar-refractivity contribution < 1.29 is 4.79 Å². The number of fused-ring (bicyclic) bond motifs is 1. The molecular weight excluding hydrogens is 246 g/mol. The van der Waals surface area contributed by atoms with Gasteiger partial charge in [0.25, 0.3) is 0 Å². The molecule has 0 radical (unpaired) electrons. The van der Waals surface area contributed by atoms with Crippen molar-refractivity contribution in [3.63, 3.8) is 0 Å². The topological polar surface area (TPSA) is 30.0 Å². The van der Waals surface area contributed by atoms with Crippen molar-refractivity contribution in [1.82, 2.24) is 4.98 Å². The van der Waals surface area contributed by atoms with Crippen LogP contribution in [-0.4, -0.2) is 10.8 Å². The molecule has 100 valence electrons. The molecule has 1 aromatic carbocycles. The zero-order valence-corrected chi connectivity index (χ0v) is 11.4. The van der Waals surface area contributed by atoms with E-state index in [4.69, 9.17) is 0 Å². The van der Waals surface area contributed by atoms with E-state index >= 15 is 0 Å². The number of benzene rings is 1. The Balaban J connectivity index is 1.70. The van der Waals surface area contributed by atoms with Crippen molar-refractivity contribution in [3.05, 3.63) is 65.5 Å². The van der Waals surface area contributed by atoms with E-state index in [0.717, 1.165) is 31.4 Å². The highest BCUT2D eigenvalue weighted by molar-refractivity contribution is 5.98. The van der Waals surface area contributed by atoms with Crippen LogP contribution in [0.2, 0.25) is 0 Å². The lowest BCUT2D eigenvalue weighted by molar-refractivity contribution is -0.123. The molecule has 4 rings (SSSR count). The quantitative estimate of drug-likeness (QED) is 0.849. The second kappa shape index (κ2) is 4.27. The van der Waals surface area contributed by atoms with Gasteiger partial charge in [-0.05, 0) is 42.9 Å². The summed E-state index contributed by atoms with van der Waals surface area (Å²) < 4.78 is 0. The largest absolute Gasteiger partial charge is 0.298 e. The Morgan fingerprint density at radius 1 is 1.10 bits per heavy atom. The smallest absolute Gasteiger partial charge is 0.152 e. The summed E-state index contributed by atoms with van der Waals surface area (Å²) in [6, 6.07) is 14.3. The van der Waals surface area contributed by atoms with Crippen molar-refractivity contribution in [2.24, 2.45) is 0 Å². The number of rotatable bonds is 3. The highest BCUT2D eigenvalue weighted by Crippen LogP contribution is 2.53. The molecule has 0 spiro atoms. The minimum atomic E-state index is -0.217. The third-order valence-corrected chi connectivity index (χ3v) is 4.82. The average Bonchev–Trinajstić information content (AvgIpc) is 3.21. The Morgan fingerprint density at radius 2 is 1.90 bits per heavy atom. The molecule has 0 bridgehead atoms. The molecule has 2 aliphatic carbocycles. The van der Waals surface area contributed by atoms with Crippen LogP contribution in [0.4, 0.5) is 0 Å². The van der Waals surface area contributed by atoms with E-state index in [9.17, 15) is 4.79 Å². The lowest BCUT2D eigenvalue weighted by atomic mass is 9.83. The number of Topliss-reactive ketones (excluding diaryl/α,β-unsaturated/α-hetero) is 1. The normalized spacial score (nSPS) is 22.3. The molecule has 2 heteroatoms. The van der Waals surface area contributed by atoms with E-state index in [1.807, 2.05) is 30.5 Å². The summed E-state index contributed by atoms with van der Waals surface area (Å²) >= 11 is 0. The number of ketones is 1. The molecule has 0 amide bonds. The van der Waals surface area contributed by atoms with Crippen molar-refractivity contribution in [1.29, 1.82) is 0 Å². The molecule has 1 heterocycles. The number of carbonyl (C=O) groups excluding carboxylic acids is 1. The van der Waals surface area contributed by atoms with Gasteiger partial charge in [0, 0.05) is 6.20 Å². The lowest BCUT2D eigenvalue weighted by Gasteiger charge is -2.19. The molecule has 0 N–H and O–H groups in total. The first-order chi connectivity index (χ1) is 9.81. The Morgan fingerprint density at radius 3 is 2.65 bits per heavy atom. The van der Waals surface area contributed by atoms with Crippen LogP contribution in [0.5, 0.6) is 0 Å². The van der Waals surface area contributed by atoms with Crippen LogP contribution >= 0.6 is 0 Å². The molecule has 1 atom stereocenters. The highest BCUT2D eigenvalue weighted by Gasteiger charge is 2.54. The molecule has 20 heavy (non-hydrogen) atoms. The third-order valence-electron chi connectivity index (χ3n) is 4.82. The summed E-state index contributed by atoms with van der Waals surface area (Å²) in [7, 11) is 0. The molecule has 2 nitrogen and oxygen atoms in total. The number of hydrogen-bond acceptors (Lipinski definition) is 2. The number of pyridine rings is 1. The van der Waals surface area contributed by atoms with Crippen molar-refractivity contribution in [2.45, 2.75) is 37.0 Å². The zero-order valence-electron chi connectivity index (χ0n) is 11.4. The summed E-state index contributed by atoms with van der Waals surface area (Å²) in [6.45, 7) is 0. The van der Waals surface area contributed by atoms with Crippen LogP contribution in [0, 0.1) is 0 Å². The van der Waals surface area contributed by atoms with Crippen molar-refractivity contribution in [2.75, 3.05) is 0 Å². The van der Waals surface area contributed by atoms with Gasteiger partial charge in [-0.2, -0.15) is 0 Å². The summed E-state index contributed by atoms with van der Waals surface area (Å²) in [4.78, 5) is 17.5. The van der Waals surface area contributed by atoms with Gasteiger partial charge in [0.15, 0.2) is 5.78 Å². The third kappa shape index (κ3) is 1.64. The summed E-state index contributed by atoms with van der Waals surface area (Å²) in [6.07, 6.45) is 5.72. The van der Waals surface area contributed by atoms with Gasteiger partial charge in [-0.25, -0.2) is 0 Å². The van der Waals surface area contributed by atoms with Gasteiger partial charge in [-0.15, -0.1) is 0 Å². The number of hydrogen-bond donors (Lipinski definition) is 0. The van der Waals surface area contributed by atoms with Gasteiger partial charge in [0.2, 0.25) is 0 Å². The molecule has 0 aliphatic heterocycles. The van der Waals surface area contributed by atoms with Crippen LogP contribution in [0.25, 0.3) is 0 Å². The predicted octanol–water partition coefficient (Wildman–Crippen LogP) is 3.41. The van der Waals surface area contributed by atoms with E-state index in [1.54, 1.807) is 0 Å². The minimum Gasteiger partial charge on any atom is -0.298 e.